The third-order valence-electron chi connectivity index (χ3n) is 3.30. The number of nitrogens with zero attached hydrogens (tertiary/aromatic N) is 1. The van der Waals surface area contributed by atoms with Gasteiger partial charge in [0.1, 0.15) is 0 Å². The minimum Gasteiger partial charge on any atom is -0.352 e. The second-order valence-electron chi connectivity index (χ2n) is 5.36. The van der Waals surface area contributed by atoms with Crippen LogP contribution < -0.4 is 5.32 Å². The molecule has 0 radical (unpaired) electrons. The van der Waals surface area contributed by atoms with Crippen molar-refractivity contribution in [1.29, 1.82) is 0 Å². The Hall–Kier alpha value is -1.61. The van der Waals surface area contributed by atoms with E-state index in [-0.39, 0.29) is 29.3 Å². The Morgan fingerprint density at radius 2 is 1.88 bits per heavy atom. The van der Waals surface area contributed by atoms with Gasteiger partial charge in [0.05, 0.1) is 22.8 Å². The van der Waals surface area contributed by atoms with Gasteiger partial charge in [-0.25, -0.2) is 8.42 Å². The number of nitrogens with one attached hydrogen (secondary N) is 1. The molecule has 0 aliphatic carbocycles. The zero-order chi connectivity index (χ0) is 18.4. The summed E-state index contributed by atoms with van der Waals surface area (Å²) < 4.78 is 60.5. The van der Waals surface area contributed by atoms with Gasteiger partial charge in [-0.05, 0) is 32.1 Å². The maximum absolute atomic E-state index is 12.2. The third-order valence-corrected chi connectivity index (χ3v) is 5.08. The van der Waals surface area contributed by atoms with Gasteiger partial charge in [0.15, 0.2) is 9.84 Å². The van der Waals surface area contributed by atoms with Crippen LogP contribution >= 0.6 is 0 Å². The number of hydrogen-bond acceptors (Lipinski definition) is 4. The summed E-state index contributed by atoms with van der Waals surface area (Å²) in [4.78, 5) is 13.2. The second kappa shape index (κ2) is 8.48. The standard InChI is InChI=1S/C15H21F3N2O3S/c1-3-24(22,23)13-8-5-4-7-12(13)14(21)19-9-6-10-20(2)11-15(16,17)18/h4-5,7-8H,3,6,9-11H2,1-2H3,(H,19,21). The molecule has 0 spiro atoms. The predicted octanol–water partition coefficient (Wildman–Crippen LogP) is 2.09. The van der Waals surface area contributed by atoms with Crippen molar-refractivity contribution in [2.45, 2.75) is 24.4 Å². The molecule has 0 fully saturated rings. The first-order valence-electron chi connectivity index (χ1n) is 7.42. The number of carbonyl (C=O) groups excluding carboxylic acids is 1. The largest absolute Gasteiger partial charge is 0.401 e. The predicted molar refractivity (Wildman–Crippen MR) is 84.7 cm³/mol. The van der Waals surface area contributed by atoms with Gasteiger partial charge in [-0.15, -0.1) is 0 Å². The Balaban J connectivity index is 2.59. The van der Waals surface area contributed by atoms with Crippen LogP contribution in [0.1, 0.15) is 23.7 Å². The molecule has 136 valence electrons. The van der Waals surface area contributed by atoms with E-state index in [1.165, 1.54) is 32.2 Å². The number of alkyl halides is 3. The van der Waals surface area contributed by atoms with Crippen LogP contribution in [0.5, 0.6) is 0 Å². The zero-order valence-corrected chi connectivity index (χ0v) is 14.4. The molecule has 5 nitrogen and oxygen atoms in total. The molecular formula is C15H21F3N2O3S. The maximum Gasteiger partial charge on any atom is 0.401 e. The second-order valence-corrected chi connectivity index (χ2v) is 7.61. The summed E-state index contributed by atoms with van der Waals surface area (Å²) in [6, 6.07) is 5.87. The fourth-order valence-electron chi connectivity index (χ4n) is 2.11. The molecule has 9 heteroatoms. The highest BCUT2D eigenvalue weighted by molar-refractivity contribution is 7.91. The molecule has 0 saturated carbocycles. The lowest BCUT2D eigenvalue weighted by atomic mass is 10.2. The molecule has 0 saturated heterocycles. The quantitative estimate of drug-likeness (QED) is 0.716. The Labute approximate surface area is 139 Å². The molecule has 0 aliphatic rings. The van der Waals surface area contributed by atoms with E-state index in [4.69, 9.17) is 0 Å². The number of rotatable bonds is 8. The molecule has 0 aromatic heterocycles. The van der Waals surface area contributed by atoms with Crippen molar-refractivity contribution in [2.75, 3.05) is 32.4 Å². The summed E-state index contributed by atoms with van der Waals surface area (Å²) in [7, 11) is -2.19. The normalized spacial score (nSPS) is 12.4. The van der Waals surface area contributed by atoms with Gasteiger partial charge in [-0.3, -0.25) is 9.69 Å². The maximum atomic E-state index is 12.2. The molecule has 1 amide bonds. The summed E-state index contributed by atoms with van der Waals surface area (Å²) in [6.45, 7) is 0.787. The molecule has 1 aromatic carbocycles. The van der Waals surface area contributed by atoms with Crippen LogP contribution in [0.25, 0.3) is 0 Å². The van der Waals surface area contributed by atoms with Gasteiger partial charge in [-0.2, -0.15) is 13.2 Å². The fraction of sp³-hybridized carbons (Fsp3) is 0.533. The first-order valence-corrected chi connectivity index (χ1v) is 9.07. The van der Waals surface area contributed by atoms with Crippen LogP contribution in [0.2, 0.25) is 0 Å². The summed E-state index contributed by atoms with van der Waals surface area (Å²) >= 11 is 0. The highest BCUT2D eigenvalue weighted by Gasteiger charge is 2.28. The van der Waals surface area contributed by atoms with E-state index < -0.39 is 28.5 Å². The lowest BCUT2D eigenvalue weighted by molar-refractivity contribution is -0.143. The van der Waals surface area contributed by atoms with Crippen LogP contribution in [0.15, 0.2) is 29.2 Å². The highest BCUT2D eigenvalue weighted by Crippen LogP contribution is 2.17. The minimum absolute atomic E-state index is 0.0424. The van der Waals surface area contributed by atoms with Gasteiger partial charge in [0, 0.05) is 6.54 Å². The summed E-state index contributed by atoms with van der Waals surface area (Å²) in [5.41, 5.74) is 0.0444. The van der Waals surface area contributed by atoms with Crippen molar-refractivity contribution < 1.29 is 26.4 Å². The monoisotopic (exact) mass is 366 g/mol. The van der Waals surface area contributed by atoms with E-state index >= 15 is 0 Å². The molecular weight excluding hydrogens is 345 g/mol. The molecule has 0 heterocycles. The van der Waals surface area contributed by atoms with Crippen LogP contribution in [0, 0.1) is 0 Å². The van der Waals surface area contributed by atoms with E-state index in [2.05, 4.69) is 5.32 Å². The van der Waals surface area contributed by atoms with E-state index in [1.807, 2.05) is 0 Å². The van der Waals surface area contributed by atoms with Crippen LogP contribution in [0.3, 0.4) is 0 Å². The topological polar surface area (TPSA) is 66.5 Å². The average Bonchev–Trinajstić information content (AvgIpc) is 2.49. The Morgan fingerprint density at radius 1 is 1.25 bits per heavy atom. The van der Waals surface area contributed by atoms with Crippen LogP contribution in [-0.4, -0.2) is 57.8 Å². The molecule has 0 unspecified atom stereocenters. The summed E-state index contributed by atoms with van der Waals surface area (Å²) in [5.74, 6) is -0.680. The SMILES string of the molecule is CCS(=O)(=O)c1ccccc1C(=O)NCCCN(C)CC(F)(F)F. The third kappa shape index (κ3) is 6.48. The van der Waals surface area contributed by atoms with Gasteiger partial charge >= 0.3 is 6.18 Å². The first-order chi connectivity index (χ1) is 11.1. The van der Waals surface area contributed by atoms with Gasteiger partial charge < -0.3 is 5.32 Å². The lowest BCUT2D eigenvalue weighted by Gasteiger charge is -2.18. The fourth-order valence-corrected chi connectivity index (χ4v) is 3.20. The van der Waals surface area contributed by atoms with E-state index in [0.717, 1.165) is 4.90 Å². The number of benzene rings is 1. The Morgan fingerprint density at radius 3 is 2.46 bits per heavy atom. The van der Waals surface area contributed by atoms with Crippen LogP contribution in [0.4, 0.5) is 13.2 Å². The van der Waals surface area contributed by atoms with Crippen molar-refractivity contribution in [3.8, 4) is 0 Å². The number of hydrogen-bond donors (Lipinski definition) is 1. The van der Waals surface area contributed by atoms with Crippen molar-refractivity contribution in [2.24, 2.45) is 0 Å². The Kier molecular flexibility index (Phi) is 7.22. The van der Waals surface area contributed by atoms with E-state index in [9.17, 15) is 26.4 Å². The lowest BCUT2D eigenvalue weighted by Crippen LogP contribution is -2.34. The molecule has 1 N–H and O–H groups in total. The van der Waals surface area contributed by atoms with Gasteiger partial charge in [-0.1, -0.05) is 19.1 Å². The molecule has 24 heavy (non-hydrogen) atoms. The minimum atomic E-state index is -4.26. The Bertz CT molecular complexity index is 660. The van der Waals surface area contributed by atoms with Crippen molar-refractivity contribution in [1.82, 2.24) is 10.2 Å². The number of carbonyl (C=O) groups is 1. The molecule has 1 aromatic rings. The summed E-state index contributed by atoms with van der Waals surface area (Å²) in [5, 5.41) is 2.54. The first kappa shape index (κ1) is 20.4. The smallest absolute Gasteiger partial charge is 0.352 e. The zero-order valence-electron chi connectivity index (χ0n) is 13.6. The van der Waals surface area contributed by atoms with E-state index in [0.29, 0.717) is 6.42 Å². The molecule has 0 aliphatic heterocycles. The van der Waals surface area contributed by atoms with E-state index in [1.54, 1.807) is 6.07 Å². The highest BCUT2D eigenvalue weighted by atomic mass is 32.2. The van der Waals surface area contributed by atoms with Gasteiger partial charge in [0.25, 0.3) is 5.91 Å². The average molecular weight is 366 g/mol. The molecule has 0 atom stereocenters. The van der Waals surface area contributed by atoms with Gasteiger partial charge in [0.2, 0.25) is 0 Å². The summed E-state index contributed by atoms with van der Waals surface area (Å²) in [6.07, 6.45) is -3.94. The molecule has 1 rings (SSSR count). The number of sulfone groups is 1. The number of amides is 1. The van der Waals surface area contributed by atoms with Crippen molar-refractivity contribution in [3.63, 3.8) is 0 Å². The van der Waals surface area contributed by atoms with Crippen molar-refractivity contribution >= 4 is 15.7 Å². The van der Waals surface area contributed by atoms with Crippen LogP contribution in [-0.2, 0) is 9.84 Å². The number of halogens is 3. The van der Waals surface area contributed by atoms with Crippen molar-refractivity contribution in [3.05, 3.63) is 29.8 Å². The molecule has 0 bridgehead atoms.